The van der Waals surface area contributed by atoms with Gasteiger partial charge in [-0.3, -0.25) is 9.69 Å². The van der Waals surface area contributed by atoms with E-state index in [1.807, 2.05) is 55.5 Å². The summed E-state index contributed by atoms with van der Waals surface area (Å²) >= 11 is 0. The zero-order valence-electron chi connectivity index (χ0n) is 20.3. The molecule has 9 nitrogen and oxygen atoms in total. The van der Waals surface area contributed by atoms with Crippen molar-refractivity contribution in [3.63, 3.8) is 0 Å². The number of nitrogens with zero attached hydrogens (tertiary/aromatic N) is 6. The number of carbonyl (C=O) groups is 1. The van der Waals surface area contributed by atoms with Crippen molar-refractivity contribution in [1.29, 1.82) is 0 Å². The third-order valence-electron chi connectivity index (χ3n) is 6.64. The van der Waals surface area contributed by atoms with Crippen LogP contribution in [0.1, 0.15) is 12.0 Å². The van der Waals surface area contributed by atoms with Gasteiger partial charge in [0.2, 0.25) is 11.9 Å². The Morgan fingerprint density at radius 1 is 1.00 bits per heavy atom. The van der Waals surface area contributed by atoms with Crippen LogP contribution in [-0.2, 0) is 11.3 Å². The number of aromatic nitrogens is 3. The molecule has 3 aliphatic rings. The Labute approximate surface area is 206 Å². The number of rotatable bonds is 0. The molecule has 3 aromatic rings. The molecule has 2 atom stereocenters. The summed E-state index contributed by atoms with van der Waals surface area (Å²) in [6.07, 6.45) is 4.09. The minimum atomic E-state index is 0.150. The van der Waals surface area contributed by atoms with E-state index in [2.05, 4.69) is 42.5 Å². The second-order valence-corrected chi connectivity index (χ2v) is 9.32. The molecular formula is C26H32N8O. The van der Waals surface area contributed by atoms with Gasteiger partial charge in [0.1, 0.15) is 5.82 Å². The summed E-state index contributed by atoms with van der Waals surface area (Å²) in [5, 5.41) is 6.87. The highest BCUT2D eigenvalue weighted by atomic mass is 16.2. The lowest BCUT2D eigenvalue weighted by atomic mass is 10.1. The third-order valence-corrected chi connectivity index (χ3v) is 6.64. The van der Waals surface area contributed by atoms with Gasteiger partial charge in [0, 0.05) is 89.5 Å². The number of fused-ring (bicyclic) bond motifs is 7. The first-order valence-corrected chi connectivity index (χ1v) is 12.1. The van der Waals surface area contributed by atoms with Gasteiger partial charge in [-0.05, 0) is 35.9 Å². The molecule has 0 radical (unpaired) electrons. The summed E-state index contributed by atoms with van der Waals surface area (Å²) < 4.78 is 0. The Morgan fingerprint density at radius 3 is 2.74 bits per heavy atom. The molecule has 8 bridgehead atoms. The fraction of sp³-hybridized carbons (Fsp3) is 0.385. The molecule has 2 N–H and O–H groups in total. The zero-order valence-corrected chi connectivity index (χ0v) is 20.3. The SMILES string of the molecule is CN1CCN(C)c2ccc(cn2)-c2ccnc(n2)Nc2cccc(c2)CN2CCNC(CC1=O)C2. The summed E-state index contributed by atoms with van der Waals surface area (Å²) in [6.45, 7) is 4.86. The Bertz CT molecular complexity index is 1170. The summed E-state index contributed by atoms with van der Waals surface area (Å²) in [5.74, 6) is 1.57. The number of benzene rings is 1. The van der Waals surface area contributed by atoms with Gasteiger partial charge < -0.3 is 20.4 Å². The van der Waals surface area contributed by atoms with Crippen LogP contribution in [0.5, 0.6) is 0 Å². The van der Waals surface area contributed by atoms with Crippen molar-refractivity contribution in [3.8, 4) is 11.3 Å². The number of anilines is 3. The standard InChI is InChI=1S/C26H32N8O/c1-32-12-13-33(2)25(35)15-22-18-34(11-10-27-22)17-19-4-3-5-21(14-19)30-26-28-9-8-23(31-26)20-6-7-24(32)29-16-20/h3-9,14,16,22,27H,10-13,15,17-18H2,1-2H3,(H,28,30,31). The highest BCUT2D eigenvalue weighted by Crippen LogP contribution is 2.22. The van der Waals surface area contributed by atoms with Gasteiger partial charge in [-0.1, -0.05) is 12.1 Å². The minimum absolute atomic E-state index is 0.150. The van der Waals surface area contributed by atoms with Gasteiger partial charge in [0.25, 0.3) is 0 Å². The number of nitrogens with one attached hydrogen (secondary N) is 2. The monoisotopic (exact) mass is 472 g/mol. The van der Waals surface area contributed by atoms with E-state index in [9.17, 15) is 4.79 Å². The van der Waals surface area contributed by atoms with Gasteiger partial charge in [0.05, 0.1) is 5.69 Å². The van der Waals surface area contributed by atoms with Crippen LogP contribution in [-0.4, -0.2) is 83.5 Å². The number of piperazine rings is 1. The van der Waals surface area contributed by atoms with Gasteiger partial charge >= 0.3 is 0 Å². The second kappa shape index (κ2) is 10.4. The lowest BCUT2D eigenvalue weighted by Gasteiger charge is -2.34. The van der Waals surface area contributed by atoms with Crippen molar-refractivity contribution >= 4 is 23.4 Å². The molecule has 5 heterocycles. The molecule has 3 aliphatic heterocycles. The van der Waals surface area contributed by atoms with Crippen molar-refractivity contribution in [2.45, 2.75) is 19.0 Å². The number of likely N-dealkylation sites (N-methyl/N-ethyl adjacent to an activating group) is 2. The molecule has 0 spiro atoms. The molecule has 1 saturated heterocycles. The molecule has 1 aromatic carbocycles. The lowest BCUT2D eigenvalue weighted by molar-refractivity contribution is -0.130. The molecule has 2 unspecified atom stereocenters. The first-order valence-electron chi connectivity index (χ1n) is 12.1. The maximum atomic E-state index is 12.9. The van der Waals surface area contributed by atoms with E-state index in [0.29, 0.717) is 25.5 Å². The Balaban J connectivity index is 1.44. The van der Waals surface area contributed by atoms with E-state index in [0.717, 1.165) is 48.9 Å². The molecule has 1 fully saturated rings. The number of carbonyl (C=O) groups excluding carboxylic acids is 1. The Kier molecular flexibility index (Phi) is 6.87. The van der Waals surface area contributed by atoms with Crippen LogP contribution in [0.3, 0.4) is 0 Å². The molecule has 6 rings (SSSR count). The molecule has 9 heteroatoms. The van der Waals surface area contributed by atoms with Crippen LogP contribution in [0.15, 0.2) is 54.9 Å². The van der Waals surface area contributed by atoms with Crippen molar-refractivity contribution in [3.05, 3.63) is 60.4 Å². The average molecular weight is 473 g/mol. The lowest BCUT2D eigenvalue weighted by Crippen LogP contribution is -2.52. The van der Waals surface area contributed by atoms with Crippen LogP contribution >= 0.6 is 0 Å². The molecule has 0 aliphatic carbocycles. The second-order valence-electron chi connectivity index (χ2n) is 9.32. The Hall–Kier alpha value is -3.56. The summed E-state index contributed by atoms with van der Waals surface area (Å²) in [5.41, 5.74) is 3.89. The number of hydrogen-bond donors (Lipinski definition) is 2. The summed E-state index contributed by atoms with van der Waals surface area (Å²) in [7, 11) is 3.88. The average Bonchev–Trinajstić information content (AvgIpc) is 2.87. The fourth-order valence-corrected chi connectivity index (χ4v) is 4.56. The number of pyridine rings is 1. The molecule has 2 aromatic heterocycles. The van der Waals surface area contributed by atoms with Crippen molar-refractivity contribution in [1.82, 2.24) is 30.1 Å². The van der Waals surface area contributed by atoms with Gasteiger partial charge in [-0.2, -0.15) is 0 Å². The first kappa shape index (κ1) is 23.2. The smallest absolute Gasteiger partial charge is 0.227 e. The van der Waals surface area contributed by atoms with Crippen molar-refractivity contribution in [2.75, 3.05) is 57.0 Å². The molecule has 1 amide bonds. The highest BCUT2D eigenvalue weighted by Gasteiger charge is 2.23. The zero-order chi connectivity index (χ0) is 24.2. The quantitative estimate of drug-likeness (QED) is 0.516. The van der Waals surface area contributed by atoms with Crippen LogP contribution in [0.2, 0.25) is 0 Å². The number of amides is 1. The van der Waals surface area contributed by atoms with Crippen LogP contribution in [0.4, 0.5) is 17.5 Å². The molecule has 182 valence electrons. The van der Waals surface area contributed by atoms with E-state index in [1.165, 1.54) is 5.56 Å². The van der Waals surface area contributed by atoms with E-state index in [4.69, 9.17) is 4.98 Å². The molecule has 35 heavy (non-hydrogen) atoms. The van der Waals surface area contributed by atoms with Gasteiger partial charge in [0.15, 0.2) is 0 Å². The van der Waals surface area contributed by atoms with Crippen LogP contribution in [0.25, 0.3) is 11.3 Å². The minimum Gasteiger partial charge on any atom is -0.358 e. The van der Waals surface area contributed by atoms with Gasteiger partial charge in [-0.15, -0.1) is 0 Å². The highest BCUT2D eigenvalue weighted by molar-refractivity contribution is 5.76. The van der Waals surface area contributed by atoms with Crippen LogP contribution in [0, 0.1) is 0 Å². The largest absolute Gasteiger partial charge is 0.358 e. The Morgan fingerprint density at radius 2 is 1.89 bits per heavy atom. The predicted molar refractivity (Wildman–Crippen MR) is 138 cm³/mol. The van der Waals surface area contributed by atoms with E-state index in [1.54, 1.807) is 6.20 Å². The summed E-state index contributed by atoms with van der Waals surface area (Å²) in [6, 6.07) is 14.4. The van der Waals surface area contributed by atoms with E-state index in [-0.39, 0.29) is 11.9 Å². The van der Waals surface area contributed by atoms with Crippen molar-refractivity contribution < 1.29 is 4.79 Å². The predicted octanol–water partition coefficient (Wildman–Crippen LogP) is 2.35. The van der Waals surface area contributed by atoms with E-state index >= 15 is 0 Å². The van der Waals surface area contributed by atoms with Crippen molar-refractivity contribution in [2.24, 2.45) is 0 Å². The maximum Gasteiger partial charge on any atom is 0.227 e. The molecule has 0 saturated carbocycles. The fourth-order valence-electron chi connectivity index (χ4n) is 4.56. The number of hydrogen-bond acceptors (Lipinski definition) is 8. The van der Waals surface area contributed by atoms with Gasteiger partial charge in [-0.25, -0.2) is 15.0 Å². The van der Waals surface area contributed by atoms with E-state index < -0.39 is 0 Å². The normalized spacial score (nSPS) is 21.3. The first-order chi connectivity index (χ1) is 17.0. The summed E-state index contributed by atoms with van der Waals surface area (Å²) in [4.78, 5) is 32.9. The topological polar surface area (TPSA) is 89.5 Å². The third kappa shape index (κ3) is 5.75. The molecular weight excluding hydrogens is 440 g/mol. The maximum absolute atomic E-state index is 12.9. The van der Waals surface area contributed by atoms with Crippen LogP contribution < -0.4 is 15.5 Å².